The maximum atomic E-state index is 9.68. The standard InChI is InChI=1S/C24H22Cl2N2O2.Na/c1-30-14-16-10-15(13-29)11-19(12-16)24-27-22(17-2-6-20(25)7-3-17)23(28-24)18-4-8-21(26)9-5-18;/h2-12,22-23,29H,13-14H2,1H3,(H,27,28);. The van der Waals surface area contributed by atoms with E-state index < -0.39 is 0 Å². The second-order valence-electron chi connectivity index (χ2n) is 7.28. The van der Waals surface area contributed by atoms with Crippen LogP contribution >= 0.6 is 23.2 Å². The van der Waals surface area contributed by atoms with E-state index in [0.29, 0.717) is 16.7 Å². The summed E-state index contributed by atoms with van der Waals surface area (Å²) in [6, 6.07) is 21.3. The van der Waals surface area contributed by atoms with Crippen LogP contribution in [0.25, 0.3) is 0 Å². The Labute approximate surface area is 214 Å². The van der Waals surface area contributed by atoms with Gasteiger partial charge in [-0.15, -0.1) is 0 Å². The summed E-state index contributed by atoms with van der Waals surface area (Å²) in [5.74, 6) is 0.780. The van der Waals surface area contributed by atoms with Crippen molar-refractivity contribution in [2.24, 2.45) is 4.99 Å². The van der Waals surface area contributed by atoms with Crippen LogP contribution in [0.3, 0.4) is 0 Å². The van der Waals surface area contributed by atoms with E-state index in [1.807, 2.05) is 66.7 Å². The zero-order valence-corrected chi connectivity index (χ0v) is 21.0. The second kappa shape index (κ2) is 11.0. The van der Waals surface area contributed by atoms with Gasteiger partial charge in [-0.3, -0.25) is 4.99 Å². The number of aliphatic imine (C=N–C) groups is 1. The number of methoxy groups -OCH3 is 1. The molecule has 0 aromatic heterocycles. The van der Waals surface area contributed by atoms with Gasteiger partial charge in [0.25, 0.3) is 0 Å². The summed E-state index contributed by atoms with van der Waals surface area (Å²) in [5.41, 5.74) is 4.89. The van der Waals surface area contributed by atoms with Crippen molar-refractivity contribution in [2.75, 3.05) is 7.11 Å². The fraction of sp³-hybridized carbons (Fsp3) is 0.208. The van der Waals surface area contributed by atoms with Gasteiger partial charge in [0.15, 0.2) is 0 Å². The number of amidine groups is 1. The summed E-state index contributed by atoms with van der Waals surface area (Å²) in [6.07, 6.45) is 0. The maximum absolute atomic E-state index is 9.68. The van der Waals surface area contributed by atoms with Gasteiger partial charge in [0.1, 0.15) is 11.9 Å². The number of hydrogen-bond acceptors (Lipinski definition) is 4. The fourth-order valence-electron chi connectivity index (χ4n) is 3.74. The van der Waals surface area contributed by atoms with E-state index >= 15 is 0 Å². The van der Waals surface area contributed by atoms with E-state index in [4.69, 9.17) is 32.9 Å². The van der Waals surface area contributed by atoms with E-state index in [-0.39, 0.29) is 48.2 Å². The molecule has 4 rings (SSSR count). The van der Waals surface area contributed by atoms with Gasteiger partial charge in [-0.1, -0.05) is 53.5 Å². The molecule has 1 heterocycles. The van der Waals surface area contributed by atoms with Crippen molar-refractivity contribution < 1.29 is 9.84 Å². The third-order valence-electron chi connectivity index (χ3n) is 5.14. The molecular formula is C24H22Cl2N2NaO2. The van der Waals surface area contributed by atoms with Gasteiger partial charge in [0, 0.05) is 52.3 Å². The zero-order chi connectivity index (χ0) is 21.1. The molecule has 31 heavy (non-hydrogen) atoms. The Hall–Kier alpha value is -1.37. The molecule has 0 spiro atoms. The smallest absolute Gasteiger partial charge is 0.129 e. The minimum Gasteiger partial charge on any atom is -0.392 e. The first kappa shape index (κ1) is 24.3. The summed E-state index contributed by atoms with van der Waals surface area (Å²) in [4.78, 5) is 5.02. The number of ether oxygens (including phenoxy) is 1. The Balaban J connectivity index is 0.00000272. The Morgan fingerprint density at radius 3 is 2.06 bits per heavy atom. The summed E-state index contributed by atoms with van der Waals surface area (Å²) in [6.45, 7) is 0.425. The topological polar surface area (TPSA) is 53.9 Å². The van der Waals surface area contributed by atoms with Crippen LogP contribution in [0.15, 0.2) is 71.7 Å². The SMILES string of the molecule is COCc1cc(CO)cc(C2=NC(c3ccc(Cl)cc3)C(c3ccc(Cl)cc3)N2)c1.[Na]. The molecule has 1 aliphatic heterocycles. The Bertz CT molecular complexity index is 1060. The summed E-state index contributed by atoms with van der Waals surface area (Å²) >= 11 is 12.2. The maximum Gasteiger partial charge on any atom is 0.129 e. The van der Waals surface area contributed by atoms with Crippen molar-refractivity contribution in [2.45, 2.75) is 25.3 Å². The summed E-state index contributed by atoms with van der Waals surface area (Å²) in [5, 5.41) is 14.6. The number of benzene rings is 3. The Morgan fingerprint density at radius 1 is 0.903 bits per heavy atom. The van der Waals surface area contributed by atoms with Gasteiger partial charge < -0.3 is 15.2 Å². The van der Waals surface area contributed by atoms with Crippen LogP contribution in [0.5, 0.6) is 0 Å². The number of rotatable bonds is 6. The molecule has 4 nitrogen and oxygen atoms in total. The molecule has 0 amide bonds. The molecule has 2 atom stereocenters. The number of aliphatic hydroxyl groups excluding tert-OH is 1. The van der Waals surface area contributed by atoms with Gasteiger partial charge in [-0.25, -0.2) is 0 Å². The number of aliphatic hydroxyl groups is 1. The molecule has 155 valence electrons. The molecule has 0 bridgehead atoms. The molecule has 0 fully saturated rings. The fourth-order valence-corrected chi connectivity index (χ4v) is 3.99. The summed E-state index contributed by atoms with van der Waals surface area (Å²) < 4.78 is 5.28. The molecule has 7 heteroatoms. The van der Waals surface area contributed by atoms with Crippen molar-refractivity contribution in [3.8, 4) is 0 Å². The van der Waals surface area contributed by atoms with E-state index in [1.54, 1.807) is 7.11 Å². The Kier molecular flexibility index (Phi) is 8.59. The number of nitrogens with zero attached hydrogens (tertiary/aromatic N) is 1. The first-order valence-electron chi connectivity index (χ1n) is 9.65. The normalized spacial score (nSPS) is 17.6. The molecule has 0 saturated heterocycles. The zero-order valence-electron chi connectivity index (χ0n) is 17.5. The van der Waals surface area contributed by atoms with Crippen molar-refractivity contribution in [1.82, 2.24) is 5.32 Å². The van der Waals surface area contributed by atoms with E-state index in [0.717, 1.165) is 33.7 Å². The molecule has 1 aliphatic rings. The molecule has 0 saturated carbocycles. The van der Waals surface area contributed by atoms with Crippen molar-refractivity contribution in [3.63, 3.8) is 0 Å². The predicted molar refractivity (Wildman–Crippen MR) is 127 cm³/mol. The van der Waals surface area contributed by atoms with Crippen molar-refractivity contribution >= 4 is 58.6 Å². The first-order valence-corrected chi connectivity index (χ1v) is 10.4. The number of halogens is 2. The average Bonchev–Trinajstić information content (AvgIpc) is 3.20. The van der Waals surface area contributed by atoms with Gasteiger partial charge in [-0.05, 0) is 58.7 Å². The van der Waals surface area contributed by atoms with E-state index in [2.05, 4.69) is 5.32 Å². The van der Waals surface area contributed by atoms with Crippen LogP contribution in [0.2, 0.25) is 10.0 Å². The minimum atomic E-state index is -0.123. The quantitative estimate of drug-likeness (QED) is 0.500. The van der Waals surface area contributed by atoms with Crippen LogP contribution in [0, 0.1) is 0 Å². The van der Waals surface area contributed by atoms with Crippen LogP contribution in [-0.2, 0) is 18.0 Å². The van der Waals surface area contributed by atoms with Crippen LogP contribution in [0.4, 0.5) is 0 Å². The van der Waals surface area contributed by atoms with Crippen molar-refractivity contribution in [3.05, 3.63) is 105 Å². The van der Waals surface area contributed by atoms with Gasteiger partial charge >= 0.3 is 0 Å². The molecule has 1 radical (unpaired) electrons. The van der Waals surface area contributed by atoms with Crippen molar-refractivity contribution in [1.29, 1.82) is 0 Å². The van der Waals surface area contributed by atoms with E-state index in [9.17, 15) is 5.11 Å². The van der Waals surface area contributed by atoms with E-state index in [1.165, 1.54) is 0 Å². The number of hydrogen-bond donors (Lipinski definition) is 2. The minimum absolute atomic E-state index is 0. The number of nitrogens with one attached hydrogen (secondary N) is 1. The monoisotopic (exact) mass is 463 g/mol. The molecule has 3 aromatic carbocycles. The predicted octanol–water partition coefficient (Wildman–Crippen LogP) is 5.08. The third kappa shape index (κ3) is 5.71. The molecule has 3 aromatic rings. The second-order valence-corrected chi connectivity index (χ2v) is 8.15. The third-order valence-corrected chi connectivity index (χ3v) is 5.64. The molecule has 2 unspecified atom stereocenters. The van der Waals surface area contributed by atoms with Gasteiger partial charge in [0.05, 0.1) is 19.3 Å². The van der Waals surface area contributed by atoms with Gasteiger partial charge in [0.2, 0.25) is 0 Å². The van der Waals surface area contributed by atoms with Gasteiger partial charge in [-0.2, -0.15) is 0 Å². The molecule has 2 N–H and O–H groups in total. The van der Waals surface area contributed by atoms with Crippen LogP contribution in [0.1, 0.15) is 39.9 Å². The summed E-state index contributed by atoms with van der Waals surface area (Å²) in [7, 11) is 1.66. The average molecular weight is 464 g/mol. The molecule has 0 aliphatic carbocycles. The van der Waals surface area contributed by atoms with Crippen LogP contribution in [-0.4, -0.2) is 47.6 Å². The molecular weight excluding hydrogens is 442 g/mol. The Morgan fingerprint density at radius 2 is 1.48 bits per heavy atom. The van der Waals surface area contributed by atoms with Crippen LogP contribution < -0.4 is 5.32 Å². The largest absolute Gasteiger partial charge is 0.392 e. The first-order chi connectivity index (χ1) is 14.6.